The van der Waals surface area contributed by atoms with Crippen LogP contribution >= 0.6 is 0 Å². The topological polar surface area (TPSA) is 49.8 Å². The maximum atomic E-state index is 13.2. The van der Waals surface area contributed by atoms with E-state index >= 15 is 0 Å². The molecule has 3 aromatic carbocycles. The number of aromatic hydroxyl groups is 1. The average molecular weight is 347 g/mol. The van der Waals surface area contributed by atoms with Gasteiger partial charge in [-0.15, -0.1) is 0 Å². The molecule has 3 aromatic rings. The van der Waals surface area contributed by atoms with Crippen LogP contribution in [0.3, 0.4) is 0 Å². The smallest absolute Gasteiger partial charge is 0.262 e. The van der Waals surface area contributed by atoms with Gasteiger partial charge in [-0.1, -0.05) is 66.7 Å². The number of hydrogen-bond donors (Lipinski definition) is 1. The van der Waals surface area contributed by atoms with Gasteiger partial charge < -0.3 is 14.7 Å². The third-order valence-electron chi connectivity index (χ3n) is 4.16. The number of benzene rings is 3. The Morgan fingerprint density at radius 3 is 1.88 bits per heavy atom. The van der Waals surface area contributed by atoms with Crippen molar-refractivity contribution in [3.63, 3.8) is 0 Å². The van der Waals surface area contributed by atoms with E-state index in [0.717, 1.165) is 11.1 Å². The second-order valence-corrected chi connectivity index (χ2v) is 5.99. The summed E-state index contributed by atoms with van der Waals surface area (Å²) in [5.74, 6) is 0.00857. The number of carbonyl (C=O) groups is 1. The van der Waals surface area contributed by atoms with Crippen LogP contribution in [0.2, 0.25) is 0 Å². The number of methoxy groups -OCH3 is 1. The Kier molecular flexibility index (Phi) is 5.54. The monoisotopic (exact) mass is 347 g/mol. The molecule has 0 heterocycles. The van der Waals surface area contributed by atoms with E-state index in [-0.39, 0.29) is 17.2 Å². The van der Waals surface area contributed by atoms with Crippen LogP contribution in [0.1, 0.15) is 21.5 Å². The minimum absolute atomic E-state index is 0.0829. The number of nitrogens with zero attached hydrogens (tertiary/aromatic N) is 1. The Morgan fingerprint density at radius 2 is 1.38 bits per heavy atom. The highest BCUT2D eigenvalue weighted by atomic mass is 16.5. The highest BCUT2D eigenvalue weighted by Gasteiger charge is 2.23. The Balaban J connectivity index is 1.95. The number of rotatable bonds is 6. The first kappa shape index (κ1) is 17.5. The highest BCUT2D eigenvalue weighted by molar-refractivity contribution is 5.99. The number of hydrogen-bond acceptors (Lipinski definition) is 3. The molecule has 26 heavy (non-hydrogen) atoms. The van der Waals surface area contributed by atoms with Gasteiger partial charge >= 0.3 is 0 Å². The zero-order valence-electron chi connectivity index (χ0n) is 14.6. The van der Waals surface area contributed by atoms with Crippen LogP contribution in [-0.2, 0) is 13.1 Å². The first-order valence-electron chi connectivity index (χ1n) is 8.42. The molecule has 0 radical (unpaired) electrons. The summed E-state index contributed by atoms with van der Waals surface area (Å²) in [6, 6.07) is 24.4. The van der Waals surface area contributed by atoms with Gasteiger partial charge in [0.05, 0.1) is 7.11 Å². The lowest BCUT2D eigenvalue weighted by atomic mass is 10.1. The van der Waals surface area contributed by atoms with Crippen molar-refractivity contribution in [3.05, 3.63) is 95.6 Å². The molecule has 3 rings (SSSR count). The van der Waals surface area contributed by atoms with Crippen molar-refractivity contribution in [2.75, 3.05) is 7.11 Å². The third kappa shape index (κ3) is 4.03. The summed E-state index contributed by atoms with van der Waals surface area (Å²) in [5.41, 5.74) is 2.22. The second kappa shape index (κ2) is 8.21. The van der Waals surface area contributed by atoms with Crippen molar-refractivity contribution in [1.82, 2.24) is 4.90 Å². The molecule has 4 nitrogen and oxygen atoms in total. The number of ether oxygens (including phenoxy) is 1. The van der Waals surface area contributed by atoms with E-state index in [1.165, 1.54) is 13.2 Å². The van der Waals surface area contributed by atoms with Crippen LogP contribution < -0.4 is 4.74 Å². The van der Waals surface area contributed by atoms with Crippen molar-refractivity contribution in [3.8, 4) is 11.5 Å². The lowest BCUT2D eigenvalue weighted by molar-refractivity contribution is 0.0723. The molecule has 0 spiro atoms. The minimum atomic E-state index is -0.271. The Morgan fingerprint density at radius 1 is 0.846 bits per heavy atom. The van der Waals surface area contributed by atoms with E-state index in [0.29, 0.717) is 18.8 Å². The van der Waals surface area contributed by atoms with E-state index in [4.69, 9.17) is 4.74 Å². The summed E-state index contributed by atoms with van der Waals surface area (Å²) in [4.78, 5) is 15.0. The molecule has 0 bridgehead atoms. The van der Waals surface area contributed by atoms with E-state index in [1.807, 2.05) is 60.7 Å². The van der Waals surface area contributed by atoms with Gasteiger partial charge in [0.25, 0.3) is 5.91 Å². The molecule has 0 aliphatic rings. The summed E-state index contributed by atoms with van der Waals surface area (Å²) >= 11 is 0. The molecule has 0 aliphatic carbocycles. The van der Waals surface area contributed by atoms with Crippen molar-refractivity contribution in [1.29, 1.82) is 0 Å². The maximum absolute atomic E-state index is 13.2. The lowest BCUT2D eigenvalue weighted by Gasteiger charge is -2.24. The fourth-order valence-corrected chi connectivity index (χ4v) is 2.87. The lowest BCUT2D eigenvalue weighted by Crippen LogP contribution is -2.30. The fourth-order valence-electron chi connectivity index (χ4n) is 2.87. The van der Waals surface area contributed by atoms with Gasteiger partial charge in [0.1, 0.15) is 17.1 Å². The van der Waals surface area contributed by atoms with Gasteiger partial charge in [-0.2, -0.15) is 0 Å². The molecule has 0 saturated carbocycles. The molecule has 1 amide bonds. The SMILES string of the molecule is COc1cccc(O)c1C(=O)N(Cc1ccccc1)Cc1ccccc1. The normalized spacial score (nSPS) is 10.3. The van der Waals surface area contributed by atoms with Crippen LogP contribution in [0.5, 0.6) is 11.5 Å². The predicted octanol–water partition coefficient (Wildman–Crippen LogP) is 4.24. The van der Waals surface area contributed by atoms with Crippen LogP contribution in [0.4, 0.5) is 0 Å². The van der Waals surface area contributed by atoms with E-state index < -0.39 is 0 Å². The summed E-state index contributed by atoms with van der Waals surface area (Å²) < 4.78 is 5.29. The Bertz CT molecular complexity index is 822. The van der Waals surface area contributed by atoms with Crippen molar-refractivity contribution in [2.24, 2.45) is 0 Å². The van der Waals surface area contributed by atoms with Crippen LogP contribution in [0.25, 0.3) is 0 Å². The summed E-state index contributed by atoms with van der Waals surface area (Å²) in [6.07, 6.45) is 0. The summed E-state index contributed by atoms with van der Waals surface area (Å²) in [6.45, 7) is 0.873. The molecule has 0 fully saturated rings. The number of carbonyl (C=O) groups excluding carboxylic acids is 1. The van der Waals surface area contributed by atoms with Gasteiger partial charge in [0, 0.05) is 13.1 Å². The molecule has 0 unspecified atom stereocenters. The van der Waals surface area contributed by atoms with Gasteiger partial charge in [-0.25, -0.2) is 0 Å². The fraction of sp³-hybridized carbons (Fsp3) is 0.136. The first-order valence-corrected chi connectivity index (χ1v) is 8.42. The summed E-state index contributed by atoms with van der Waals surface area (Å²) in [7, 11) is 1.49. The van der Waals surface area contributed by atoms with Crippen molar-refractivity contribution < 1.29 is 14.6 Å². The molecular formula is C22H21NO3. The molecular weight excluding hydrogens is 326 g/mol. The highest BCUT2D eigenvalue weighted by Crippen LogP contribution is 2.29. The molecule has 1 N–H and O–H groups in total. The standard InChI is InChI=1S/C22H21NO3/c1-26-20-14-8-13-19(24)21(20)22(25)23(15-17-9-4-2-5-10-17)16-18-11-6-3-7-12-18/h2-14,24H,15-16H2,1H3. The number of amides is 1. The van der Waals surface area contributed by atoms with Crippen LogP contribution in [0, 0.1) is 0 Å². The minimum Gasteiger partial charge on any atom is -0.507 e. The predicted molar refractivity (Wildman–Crippen MR) is 101 cm³/mol. The Hall–Kier alpha value is -3.27. The molecule has 132 valence electrons. The molecule has 0 saturated heterocycles. The maximum Gasteiger partial charge on any atom is 0.262 e. The van der Waals surface area contributed by atoms with Crippen molar-refractivity contribution >= 4 is 5.91 Å². The largest absolute Gasteiger partial charge is 0.507 e. The molecule has 4 heteroatoms. The van der Waals surface area contributed by atoms with Gasteiger partial charge in [0.15, 0.2) is 0 Å². The molecule has 0 aromatic heterocycles. The first-order chi connectivity index (χ1) is 12.7. The molecule has 0 atom stereocenters. The molecule has 0 aliphatic heterocycles. The van der Waals surface area contributed by atoms with E-state index in [1.54, 1.807) is 17.0 Å². The Labute approximate surface area is 153 Å². The number of phenols is 1. The van der Waals surface area contributed by atoms with Gasteiger partial charge in [0.2, 0.25) is 0 Å². The number of phenolic OH excluding ortho intramolecular Hbond substituents is 1. The second-order valence-electron chi connectivity index (χ2n) is 5.99. The van der Waals surface area contributed by atoms with E-state index in [2.05, 4.69) is 0 Å². The van der Waals surface area contributed by atoms with Crippen molar-refractivity contribution in [2.45, 2.75) is 13.1 Å². The van der Waals surface area contributed by atoms with Gasteiger partial charge in [-0.3, -0.25) is 4.79 Å². The van der Waals surface area contributed by atoms with E-state index in [9.17, 15) is 9.90 Å². The van der Waals surface area contributed by atoms with Gasteiger partial charge in [-0.05, 0) is 23.3 Å². The third-order valence-corrected chi connectivity index (χ3v) is 4.16. The van der Waals surface area contributed by atoms with Crippen LogP contribution in [-0.4, -0.2) is 23.0 Å². The average Bonchev–Trinajstić information content (AvgIpc) is 2.68. The zero-order chi connectivity index (χ0) is 18.4. The van der Waals surface area contributed by atoms with Crippen LogP contribution in [0.15, 0.2) is 78.9 Å². The summed E-state index contributed by atoms with van der Waals surface area (Å²) in [5, 5.41) is 10.2. The zero-order valence-corrected chi connectivity index (χ0v) is 14.6. The quantitative estimate of drug-likeness (QED) is 0.725.